The van der Waals surface area contributed by atoms with Crippen molar-refractivity contribution in [3.63, 3.8) is 0 Å². The van der Waals surface area contributed by atoms with Gasteiger partial charge >= 0.3 is 23.9 Å². The van der Waals surface area contributed by atoms with Gasteiger partial charge in [-0.2, -0.15) is 0 Å². The van der Waals surface area contributed by atoms with Gasteiger partial charge in [0.1, 0.15) is 5.75 Å². The Balaban J connectivity index is 2.56. The Labute approximate surface area is 196 Å². The standard InChI is InChI=1S/C20H21IO11/c1-9(23)28-15-16(29-10(2)24)18(30-11(3)25)20(32-17(15)19(26)27-4)31-14-7-13(21)6-5-12(14)8-22/h5-8,15-18,20H,1-4H3/t15-,16-,17-,18+,20?/m0/s1. The molecule has 2 rings (SSSR count). The van der Waals surface area contributed by atoms with E-state index in [0.29, 0.717) is 9.86 Å². The molecular weight excluding hydrogens is 543 g/mol. The molecule has 1 aliphatic rings. The fourth-order valence-corrected chi connectivity index (χ4v) is 3.47. The van der Waals surface area contributed by atoms with E-state index in [1.807, 2.05) is 22.6 Å². The molecule has 1 saturated heterocycles. The highest BCUT2D eigenvalue weighted by molar-refractivity contribution is 14.1. The molecule has 32 heavy (non-hydrogen) atoms. The van der Waals surface area contributed by atoms with Gasteiger partial charge in [-0.25, -0.2) is 4.79 Å². The molecule has 1 heterocycles. The number of ether oxygens (including phenoxy) is 6. The molecule has 0 amide bonds. The molecule has 12 heteroatoms. The Morgan fingerprint density at radius 3 is 2.03 bits per heavy atom. The summed E-state index contributed by atoms with van der Waals surface area (Å²) < 4.78 is 32.6. The van der Waals surface area contributed by atoms with Crippen LogP contribution in [0.2, 0.25) is 0 Å². The van der Waals surface area contributed by atoms with E-state index in [-0.39, 0.29) is 11.3 Å². The summed E-state index contributed by atoms with van der Waals surface area (Å²) in [6, 6.07) is 4.68. The smallest absolute Gasteiger partial charge is 0.339 e. The van der Waals surface area contributed by atoms with Crippen LogP contribution in [0.4, 0.5) is 0 Å². The first kappa shape index (κ1) is 25.5. The zero-order valence-corrected chi connectivity index (χ0v) is 19.7. The maximum absolute atomic E-state index is 12.4. The second kappa shape index (κ2) is 11.2. The first-order valence-electron chi connectivity index (χ1n) is 9.23. The Morgan fingerprint density at radius 2 is 1.50 bits per heavy atom. The monoisotopic (exact) mass is 564 g/mol. The molecule has 0 saturated carbocycles. The molecule has 174 valence electrons. The van der Waals surface area contributed by atoms with Crippen molar-refractivity contribution < 1.29 is 52.4 Å². The lowest BCUT2D eigenvalue weighted by atomic mass is 9.97. The van der Waals surface area contributed by atoms with Crippen LogP contribution in [0, 0.1) is 3.57 Å². The van der Waals surface area contributed by atoms with Gasteiger partial charge in [-0.3, -0.25) is 19.2 Å². The van der Waals surface area contributed by atoms with Gasteiger partial charge in [0.2, 0.25) is 12.4 Å². The second-order valence-corrected chi connectivity index (χ2v) is 7.83. The van der Waals surface area contributed by atoms with Crippen molar-refractivity contribution in [3.8, 4) is 5.75 Å². The number of aldehydes is 1. The lowest BCUT2D eigenvalue weighted by molar-refractivity contribution is -0.282. The Bertz CT molecular complexity index is 900. The van der Waals surface area contributed by atoms with Crippen LogP contribution in [0.3, 0.4) is 0 Å². The van der Waals surface area contributed by atoms with E-state index in [4.69, 9.17) is 28.4 Å². The van der Waals surface area contributed by atoms with E-state index < -0.39 is 54.6 Å². The van der Waals surface area contributed by atoms with E-state index in [0.717, 1.165) is 27.9 Å². The molecule has 1 aromatic carbocycles. The molecule has 11 nitrogen and oxygen atoms in total. The van der Waals surface area contributed by atoms with Gasteiger partial charge in [0.05, 0.1) is 12.7 Å². The average molecular weight is 564 g/mol. The average Bonchev–Trinajstić information content (AvgIpc) is 2.70. The Hall–Kier alpha value is -2.74. The Kier molecular flexibility index (Phi) is 8.95. The van der Waals surface area contributed by atoms with Crippen molar-refractivity contribution in [2.45, 2.75) is 51.5 Å². The molecule has 0 spiro atoms. The molecule has 1 unspecified atom stereocenters. The minimum atomic E-state index is -1.59. The third-order valence-electron chi connectivity index (χ3n) is 4.18. The number of carbonyl (C=O) groups excluding carboxylic acids is 5. The molecule has 0 aromatic heterocycles. The van der Waals surface area contributed by atoms with Gasteiger partial charge in [-0.1, -0.05) is 0 Å². The van der Waals surface area contributed by atoms with Crippen molar-refractivity contribution in [2.24, 2.45) is 0 Å². The molecule has 0 aliphatic carbocycles. The summed E-state index contributed by atoms with van der Waals surface area (Å²) in [4.78, 5) is 59.1. The quantitative estimate of drug-likeness (QED) is 0.204. The number of hydrogen-bond acceptors (Lipinski definition) is 11. The summed E-state index contributed by atoms with van der Waals surface area (Å²) in [5, 5.41) is 0. The number of carbonyl (C=O) groups is 5. The van der Waals surface area contributed by atoms with Crippen molar-refractivity contribution >= 4 is 52.8 Å². The SMILES string of the molecule is COC(=O)[C@H]1OC(Oc2cc(I)ccc2C=O)[C@H](OC(C)=O)[C@@H](OC(C)=O)[C@@H]1OC(C)=O. The third kappa shape index (κ3) is 6.38. The first-order chi connectivity index (χ1) is 15.1. The van der Waals surface area contributed by atoms with Gasteiger partial charge in [-0.05, 0) is 40.8 Å². The zero-order valence-electron chi connectivity index (χ0n) is 17.6. The van der Waals surface area contributed by atoms with Gasteiger partial charge in [0.25, 0.3) is 0 Å². The van der Waals surface area contributed by atoms with Crippen molar-refractivity contribution in [3.05, 3.63) is 27.3 Å². The normalized spacial score (nSPS) is 24.6. The molecule has 0 radical (unpaired) electrons. The number of hydrogen-bond donors (Lipinski definition) is 0. The van der Waals surface area contributed by atoms with Crippen LogP contribution in [0.1, 0.15) is 31.1 Å². The molecule has 0 N–H and O–H groups in total. The number of rotatable bonds is 7. The van der Waals surface area contributed by atoms with Crippen LogP contribution < -0.4 is 4.74 Å². The first-order valence-corrected chi connectivity index (χ1v) is 10.3. The third-order valence-corrected chi connectivity index (χ3v) is 4.85. The summed E-state index contributed by atoms with van der Waals surface area (Å²) >= 11 is 1.99. The maximum Gasteiger partial charge on any atom is 0.339 e. The van der Waals surface area contributed by atoms with Gasteiger partial charge < -0.3 is 28.4 Å². The lowest BCUT2D eigenvalue weighted by Gasteiger charge is -2.43. The molecule has 5 atom stereocenters. The predicted molar refractivity (Wildman–Crippen MR) is 113 cm³/mol. The zero-order chi connectivity index (χ0) is 24.0. The summed E-state index contributed by atoms with van der Waals surface area (Å²) in [7, 11) is 1.08. The van der Waals surface area contributed by atoms with E-state index in [2.05, 4.69) is 0 Å². The second-order valence-electron chi connectivity index (χ2n) is 6.59. The molecule has 1 aliphatic heterocycles. The molecular formula is C20H21IO11. The summed E-state index contributed by atoms with van der Waals surface area (Å²) in [6.45, 7) is 3.25. The fourth-order valence-electron chi connectivity index (χ4n) is 3.01. The van der Waals surface area contributed by atoms with Crippen LogP contribution in [-0.2, 0) is 42.9 Å². The Morgan fingerprint density at radius 1 is 0.938 bits per heavy atom. The van der Waals surface area contributed by atoms with Crippen LogP contribution in [-0.4, -0.2) is 68.0 Å². The molecule has 1 fully saturated rings. The van der Waals surface area contributed by atoms with E-state index in [1.165, 1.54) is 12.1 Å². The minimum Gasteiger partial charge on any atom is -0.467 e. The fraction of sp³-hybridized carbons (Fsp3) is 0.450. The predicted octanol–water partition coefficient (Wildman–Crippen LogP) is 1.18. The topological polar surface area (TPSA) is 141 Å². The summed E-state index contributed by atoms with van der Waals surface area (Å²) in [5.74, 6) is -3.31. The van der Waals surface area contributed by atoms with E-state index in [9.17, 15) is 24.0 Å². The highest BCUT2D eigenvalue weighted by Crippen LogP contribution is 2.32. The molecule has 1 aromatic rings. The van der Waals surface area contributed by atoms with Crippen molar-refractivity contribution in [1.29, 1.82) is 0 Å². The highest BCUT2D eigenvalue weighted by Gasteiger charge is 2.55. The summed E-state index contributed by atoms with van der Waals surface area (Å²) in [5.41, 5.74) is 0.149. The number of benzene rings is 1. The number of esters is 4. The van der Waals surface area contributed by atoms with Gasteiger partial charge in [0.15, 0.2) is 24.6 Å². The lowest BCUT2D eigenvalue weighted by Crippen LogP contribution is -2.64. The van der Waals surface area contributed by atoms with Crippen LogP contribution in [0.5, 0.6) is 5.75 Å². The van der Waals surface area contributed by atoms with E-state index >= 15 is 0 Å². The van der Waals surface area contributed by atoms with Crippen LogP contribution in [0.15, 0.2) is 18.2 Å². The van der Waals surface area contributed by atoms with Crippen molar-refractivity contribution in [1.82, 2.24) is 0 Å². The van der Waals surface area contributed by atoms with Crippen molar-refractivity contribution in [2.75, 3.05) is 7.11 Å². The number of methoxy groups -OCH3 is 1. The highest BCUT2D eigenvalue weighted by atomic mass is 127. The number of halogens is 1. The summed E-state index contributed by atoms with van der Waals surface area (Å²) in [6.07, 6.45) is -7.03. The minimum absolute atomic E-state index is 0.0604. The maximum atomic E-state index is 12.4. The van der Waals surface area contributed by atoms with E-state index in [1.54, 1.807) is 6.07 Å². The van der Waals surface area contributed by atoms with Crippen LogP contribution in [0.25, 0.3) is 0 Å². The van der Waals surface area contributed by atoms with Crippen LogP contribution >= 0.6 is 22.6 Å². The molecule has 0 bridgehead atoms. The van der Waals surface area contributed by atoms with Gasteiger partial charge in [0, 0.05) is 24.3 Å². The van der Waals surface area contributed by atoms with Gasteiger partial charge in [-0.15, -0.1) is 0 Å². The largest absolute Gasteiger partial charge is 0.467 e.